The predicted molar refractivity (Wildman–Crippen MR) is 109 cm³/mol. The Labute approximate surface area is 159 Å². The standard InChI is InChI=1S/C23H16FN3O/c24-18-9-5-15(6-10-18)14-27-12-11-16-7-8-17(13-21(16)27)22-25-20-4-2-1-3-19(20)23(28)26-22/h1-13H,14H2,(H,25,26,28). The number of halogens is 1. The fourth-order valence-electron chi connectivity index (χ4n) is 3.48. The van der Waals surface area contributed by atoms with Crippen LogP contribution in [-0.4, -0.2) is 14.5 Å². The lowest BCUT2D eigenvalue weighted by Crippen LogP contribution is -2.09. The molecule has 0 saturated carbocycles. The minimum Gasteiger partial charge on any atom is -0.343 e. The third kappa shape index (κ3) is 2.87. The highest BCUT2D eigenvalue weighted by atomic mass is 19.1. The van der Waals surface area contributed by atoms with Crippen LogP contribution in [0.15, 0.2) is 83.8 Å². The Kier molecular flexibility index (Phi) is 3.79. The van der Waals surface area contributed by atoms with Crippen LogP contribution in [0.25, 0.3) is 33.2 Å². The summed E-state index contributed by atoms with van der Waals surface area (Å²) in [6.07, 6.45) is 2.01. The molecule has 0 atom stereocenters. The van der Waals surface area contributed by atoms with Crippen LogP contribution in [0.4, 0.5) is 4.39 Å². The zero-order valence-corrected chi connectivity index (χ0v) is 14.9. The first-order valence-electron chi connectivity index (χ1n) is 9.00. The van der Waals surface area contributed by atoms with Crippen LogP contribution < -0.4 is 5.56 Å². The number of rotatable bonds is 3. The largest absolute Gasteiger partial charge is 0.343 e. The van der Waals surface area contributed by atoms with E-state index in [1.165, 1.54) is 12.1 Å². The molecule has 5 heteroatoms. The average Bonchev–Trinajstić information content (AvgIpc) is 3.12. The molecule has 0 amide bonds. The van der Waals surface area contributed by atoms with Crippen LogP contribution in [0, 0.1) is 5.82 Å². The highest BCUT2D eigenvalue weighted by molar-refractivity contribution is 5.85. The molecule has 0 radical (unpaired) electrons. The van der Waals surface area contributed by atoms with Gasteiger partial charge in [-0.2, -0.15) is 0 Å². The topological polar surface area (TPSA) is 50.7 Å². The van der Waals surface area contributed by atoms with Gasteiger partial charge in [-0.3, -0.25) is 4.79 Å². The number of aromatic amines is 1. The van der Waals surface area contributed by atoms with E-state index in [0.717, 1.165) is 22.0 Å². The smallest absolute Gasteiger partial charge is 0.259 e. The summed E-state index contributed by atoms with van der Waals surface area (Å²) in [6, 6.07) is 21.8. The third-order valence-electron chi connectivity index (χ3n) is 4.93. The molecule has 136 valence electrons. The van der Waals surface area contributed by atoms with E-state index in [1.54, 1.807) is 18.2 Å². The zero-order chi connectivity index (χ0) is 19.1. The Balaban J connectivity index is 1.60. The van der Waals surface area contributed by atoms with E-state index in [0.29, 0.717) is 23.3 Å². The minimum atomic E-state index is -0.241. The molecule has 0 aliphatic carbocycles. The number of aromatic nitrogens is 3. The zero-order valence-electron chi connectivity index (χ0n) is 14.9. The highest BCUT2D eigenvalue weighted by Gasteiger charge is 2.09. The van der Waals surface area contributed by atoms with E-state index in [4.69, 9.17) is 0 Å². The first kappa shape index (κ1) is 16.4. The van der Waals surface area contributed by atoms with Gasteiger partial charge in [0.15, 0.2) is 0 Å². The molecule has 0 unspecified atom stereocenters. The lowest BCUT2D eigenvalue weighted by atomic mass is 10.1. The number of H-pyrrole nitrogens is 1. The summed E-state index contributed by atoms with van der Waals surface area (Å²) in [7, 11) is 0. The number of nitrogens with zero attached hydrogens (tertiary/aromatic N) is 2. The van der Waals surface area contributed by atoms with Crippen molar-refractivity contribution in [2.45, 2.75) is 6.54 Å². The van der Waals surface area contributed by atoms with Crippen molar-refractivity contribution >= 4 is 21.8 Å². The monoisotopic (exact) mass is 369 g/mol. The van der Waals surface area contributed by atoms with Gasteiger partial charge in [0, 0.05) is 23.8 Å². The van der Waals surface area contributed by atoms with Gasteiger partial charge in [0.2, 0.25) is 0 Å². The number of hydrogen-bond donors (Lipinski definition) is 1. The Hall–Kier alpha value is -3.73. The van der Waals surface area contributed by atoms with Crippen LogP contribution in [-0.2, 0) is 6.54 Å². The minimum absolute atomic E-state index is 0.151. The maximum Gasteiger partial charge on any atom is 0.259 e. The molecule has 0 bridgehead atoms. The normalized spacial score (nSPS) is 11.3. The Morgan fingerprint density at radius 2 is 1.79 bits per heavy atom. The second kappa shape index (κ2) is 6.46. The molecule has 2 aromatic heterocycles. The number of nitrogens with one attached hydrogen (secondary N) is 1. The second-order valence-corrected chi connectivity index (χ2v) is 6.78. The van der Waals surface area contributed by atoms with Crippen molar-refractivity contribution in [2.24, 2.45) is 0 Å². The number of hydrogen-bond acceptors (Lipinski definition) is 2. The van der Waals surface area contributed by atoms with Gasteiger partial charge in [-0.1, -0.05) is 36.4 Å². The molecule has 0 fully saturated rings. The molecule has 0 aliphatic rings. The summed E-state index contributed by atoms with van der Waals surface area (Å²) < 4.78 is 15.3. The van der Waals surface area contributed by atoms with Crippen LogP contribution in [0.5, 0.6) is 0 Å². The van der Waals surface area contributed by atoms with E-state index in [-0.39, 0.29) is 11.4 Å². The van der Waals surface area contributed by atoms with Crippen LogP contribution >= 0.6 is 0 Å². The van der Waals surface area contributed by atoms with Crippen LogP contribution in [0.1, 0.15) is 5.56 Å². The van der Waals surface area contributed by atoms with Crippen LogP contribution in [0.3, 0.4) is 0 Å². The van der Waals surface area contributed by atoms with Crippen molar-refractivity contribution in [3.63, 3.8) is 0 Å². The van der Waals surface area contributed by atoms with Crippen molar-refractivity contribution in [1.82, 2.24) is 14.5 Å². The van der Waals surface area contributed by atoms with E-state index in [9.17, 15) is 9.18 Å². The van der Waals surface area contributed by atoms with Crippen LogP contribution in [0.2, 0.25) is 0 Å². The Morgan fingerprint density at radius 1 is 0.964 bits per heavy atom. The molecule has 28 heavy (non-hydrogen) atoms. The fraction of sp³-hybridized carbons (Fsp3) is 0.0435. The van der Waals surface area contributed by atoms with Gasteiger partial charge >= 0.3 is 0 Å². The first-order valence-corrected chi connectivity index (χ1v) is 9.00. The molecule has 0 spiro atoms. The quantitative estimate of drug-likeness (QED) is 0.500. The van der Waals surface area contributed by atoms with Crippen molar-refractivity contribution in [3.8, 4) is 11.4 Å². The maximum atomic E-state index is 13.2. The molecular weight excluding hydrogens is 353 g/mol. The molecule has 0 saturated heterocycles. The Morgan fingerprint density at radius 3 is 2.64 bits per heavy atom. The van der Waals surface area contributed by atoms with Gasteiger partial charge in [-0.25, -0.2) is 9.37 Å². The van der Waals surface area contributed by atoms with Crippen molar-refractivity contribution in [3.05, 3.63) is 101 Å². The van der Waals surface area contributed by atoms with Gasteiger partial charge in [0.1, 0.15) is 11.6 Å². The molecular formula is C23H16FN3O. The number of fused-ring (bicyclic) bond motifs is 2. The number of para-hydroxylation sites is 1. The molecule has 0 aliphatic heterocycles. The highest BCUT2D eigenvalue weighted by Crippen LogP contribution is 2.24. The molecule has 3 aromatic carbocycles. The van der Waals surface area contributed by atoms with E-state index >= 15 is 0 Å². The third-order valence-corrected chi connectivity index (χ3v) is 4.93. The second-order valence-electron chi connectivity index (χ2n) is 6.78. The van der Waals surface area contributed by atoms with E-state index in [2.05, 4.69) is 14.5 Å². The van der Waals surface area contributed by atoms with Gasteiger partial charge in [-0.15, -0.1) is 0 Å². The number of benzene rings is 3. The maximum absolute atomic E-state index is 13.2. The van der Waals surface area contributed by atoms with Crippen molar-refractivity contribution in [2.75, 3.05) is 0 Å². The predicted octanol–water partition coefficient (Wildman–Crippen LogP) is 4.73. The lowest BCUT2D eigenvalue weighted by Gasteiger charge is -2.08. The van der Waals surface area contributed by atoms with E-state index in [1.807, 2.05) is 48.7 Å². The molecule has 5 rings (SSSR count). The summed E-state index contributed by atoms with van der Waals surface area (Å²) in [5, 5.41) is 1.67. The lowest BCUT2D eigenvalue weighted by molar-refractivity contribution is 0.626. The SMILES string of the molecule is O=c1[nH]c(-c2ccc3ccn(Cc4ccc(F)cc4)c3c2)nc2ccccc12. The summed E-state index contributed by atoms with van der Waals surface area (Å²) in [5.74, 6) is 0.301. The first-order chi connectivity index (χ1) is 13.7. The fourth-order valence-corrected chi connectivity index (χ4v) is 3.48. The molecule has 1 N–H and O–H groups in total. The summed E-state index contributed by atoms with van der Waals surface area (Å²) in [6.45, 7) is 0.634. The summed E-state index contributed by atoms with van der Waals surface area (Å²) in [4.78, 5) is 19.9. The summed E-state index contributed by atoms with van der Waals surface area (Å²) in [5.41, 5.74) is 3.40. The van der Waals surface area contributed by atoms with Gasteiger partial charge < -0.3 is 9.55 Å². The Bertz CT molecular complexity index is 1370. The van der Waals surface area contributed by atoms with Crippen molar-refractivity contribution in [1.29, 1.82) is 0 Å². The molecule has 5 aromatic rings. The van der Waals surface area contributed by atoms with Gasteiger partial charge in [0.25, 0.3) is 5.56 Å². The average molecular weight is 369 g/mol. The van der Waals surface area contributed by atoms with E-state index < -0.39 is 0 Å². The van der Waals surface area contributed by atoms with Crippen molar-refractivity contribution < 1.29 is 4.39 Å². The van der Waals surface area contributed by atoms with Gasteiger partial charge in [-0.05, 0) is 47.3 Å². The van der Waals surface area contributed by atoms with Gasteiger partial charge in [0.05, 0.1) is 10.9 Å². The molecule has 4 nitrogen and oxygen atoms in total. The molecule has 2 heterocycles. The summed E-state index contributed by atoms with van der Waals surface area (Å²) >= 11 is 0.